The molecule has 0 saturated heterocycles. The van der Waals surface area contributed by atoms with E-state index in [1.54, 1.807) is 30.9 Å². The van der Waals surface area contributed by atoms with Crippen molar-refractivity contribution in [3.8, 4) is 0 Å². The molecule has 20 heavy (non-hydrogen) atoms. The van der Waals surface area contributed by atoms with Crippen molar-refractivity contribution in [2.75, 3.05) is 11.9 Å². The average Bonchev–Trinajstić information content (AvgIpc) is 2.49. The van der Waals surface area contributed by atoms with Crippen molar-refractivity contribution in [2.24, 2.45) is 0 Å². The Hall–Kier alpha value is -2.43. The second kappa shape index (κ2) is 6.65. The molecule has 2 aromatic heterocycles. The zero-order chi connectivity index (χ0) is 14.4. The molecule has 0 fully saturated rings. The van der Waals surface area contributed by atoms with E-state index in [-0.39, 0.29) is 11.9 Å². The molecule has 1 amide bonds. The zero-order valence-electron chi connectivity index (χ0n) is 11.6. The van der Waals surface area contributed by atoms with Crippen LogP contribution in [0.5, 0.6) is 0 Å². The standard InChI is InChI=1S/C15H18N4O/c1-3-18-14-6-9-17-10-13(14)15(20)19-11(2)12-4-7-16-8-5-12/h4-11H,3H2,1-2H3,(H,17,18)(H,19,20). The summed E-state index contributed by atoms with van der Waals surface area (Å²) >= 11 is 0. The van der Waals surface area contributed by atoms with Crippen molar-refractivity contribution in [3.63, 3.8) is 0 Å². The van der Waals surface area contributed by atoms with Gasteiger partial charge in [0.05, 0.1) is 17.3 Å². The summed E-state index contributed by atoms with van der Waals surface area (Å²) in [6, 6.07) is 5.49. The molecular weight excluding hydrogens is 252 g/mol. The first kappa shape index (κ1) is 14.0. The lowest BCUT2D eigenvalue weighted by molar-refractivity contribution is 0.0940. The summed E-state index contributed by atoms with van der Waals surface area (Å²) in [6.45, 7) is 4.68. The number of aromatic nitrogens is 2. The maximum Gasteiger partial charge on any atom is 0.255 e. The van der Waals surface area contributed by atoms with Gasteiger partial charge in [-0.15, -0.1) is 0 Å². The number of amides is 1. The minimum Gasteiger partial charge on any atom is -0.385 e. The van der Waals surface area contributed by atoms with Gasteiger partial charge in [-0.3, -0.25) is 14.8 Å². The van der Waals surface area contributed by atoms with E-state index in [1.165, 1.54) is 0 Å². The van der Waals surface area contributed by atoms with E-state index < -0.39 is 0 Å². The second-order valence-corrected chi connectivity index (χ2v) is 4.43. The molecule has 0 aliphatic rings. The molecule has 0 aromatic carbocycles. The van der Waals surface area contributed by atoms with E-state index >= 15 is 0 Å². The summed E-state index contributed by atoms with van der Waals surface area (Å²) < 4.78 is 0. The Balaban J connectivity index is 2.12. The minimum absolute atomic E-state index is 0.0832. The van der Waals surface area contributed by atoms with Crippen molar-refractivity contribution < 1.29 is 4.79 Å². The number of hydrogen-bond donors (Lipinski definition) is 2. The number of rotatable bonds is 5. The third kappa shape index (κ3) is 3.32. The molecule has 5 heteroatoms. The summed E-state index contributed by atoms with van der Waals surface area (Å²) in [6.07, 6.45) is 6.67. The minimum atomic E-state index is -0.140. The molecule has 0 aliphatic carbocycles. The van der Waals surface area contributed by atoms with Gasteiger partial charge >= 0.3 is 0 Å². The first-order chi connectivity index (χ1) is 9.72. The SMILES string of the molecule is CCNc1ccncc1C(=O)NC(C)c1ccncc1. The van der Waals surface area contributed by atoms with Crippen molar-refractivity contribution in [2.45, 2.75) is 19.9 Å². The number of carbonyl (C=O) groups is 1. The van der Waals surface area contributed by atoms with Crippen LogP contribution in [0.4, 0.5) is 5.69 Å². The van der Waals surface area contributed by atoms with Gasteiger partial charge in [0.25, 0.3) is 5.91 Å². The molecule has 0 aliphatic heterocycles. The second-order valence-electron chi connectivity index (χ2n) is 4.43. The van der Waals surface area contributed by atoms with E-state index in [4.69, 9.17) is 0 Å². The van der Waals surface area contributed by atoms with Crippen LogP contribution in [-0.4, -0.2) is 22.4 Å². The predicted molar refractivity (Wildman–Crippen MR) is 78.5 cm³/mol. The van der Waals surface area contributed by atoms with Crippen LogP contribution in [0.1, 0.15) is 35.8 Å². The molecule has 0 saturated carbocycles. The highest BCUT2D eigenvalue weighted by Gasteiger charge is 2.14. The van der Waals surface area contributed by atoms with Crippen LogP contribution < -0.4 is 10.6 Å². The van der Waals surface area contributed by atoms with E-state index in [1.807, 2.05) is 26.0 Å². The Bertz CT molecular complexity index is 571. The Kier molecular flexibility index (Phi) is 4.65. The average molecular weight is 270 g/mol. The third-order valence-corrected chi connectivity index (χ3v) is 2.99. The molecule has 0 spiro atoms. The molecule has 0 bridgehead atoms. The van der Waals surface area contributed by atoms with Gasteiger partial charge in [-0.2, -0.15) is 0 Å². The first-order valence-electron chi connectivity index (χ1n) is 6.61. The van der Waals surface area contributed by atoms with Crippen LogP contribution in [0, 0.1) is 0 Å². The molecular formula is C15H18N4O. The Morgan fingerprint density at radius 2 is 1.90 bits per heavy atom. The highest BCUT2D eigenvalue weighted by atomic mass is 16.1. The lowest BCUT2D eigenvalue weighted by atomic mass is 10.1. The van der Waals surface area contributed by atoms with E-state index in [0.717, 1.165) is 17.8 Å². The lowest BCUT2D eigenvalue weighted by Crippen LogP contribution is -2.27. The lowest BCUT2D eigenvalue weighted by Gasteiger charge is -2.16. The van der Waals surface area contributed by atoms with Crippen LogP contribution in [0.15, 0.2) is 43.0 Å². The van der Waals surface area contributed by atoms with Gasteiger partial charge in [0, 0.05) is 31.3 Å². The highest BCUT2D eigenvalue weighted by molar-refractivity contribution is 5.99. The zero-order valence-corrected chi connectivity index (χ0v) is 11.6. The molecule has 1 atom stereocenters. The monoisotopic (exact) mass is 270 g/mol. The molecule has 2 heterocycles. The normalized spacial score (nSPS) is 11.7. The quantitative estimate of drug-likeness (QED) is 0.875. The summed E-state index contributed by atoms with van der Waals surface area (Å²) in [5.41, 5.74) is 2.36. The van der Waals surface area contributed by atoms with Crippen LogP contribution in [-0.2, 0) is 0 Å². The Morgan fingerprint density at radius 1 is 1.20 bits per heavy atom. The number of nitrogens with one attached hydrogen (secondary N) is 2. The highest BCUT2D eigenvalue weighted by Crippen LogP contribution is 2.16. The van der Waals surface area contributed by atoms with Gasteiger partial charge < -0.3 is 10.6 Å². The molecule has 104 valence electrons. The predicted octanol–water partition coefficient (Wildman–Crippen LogP) is 2.40. The van der Waals surface area contributed by atoms with Gasteiger partial charge in [-0.25, -0.2) is 0 Å². The molecule has 2 rings (SSSR count). The van der Waals surface area contributed by atoms with Crippen molar-refractivity contribution in [1.82, 2.24) is 15.3 Å². The smallest absolute Gasteiger partial charge is 0.255 e. The van der Waals surface area contributed by atoms with Crippen LogP contribution in [0.3, 0.4) is 0 Å². The van der Waals surface area contributed by atoms with Gasteiger partial charge in [0.15, 0.2) is 0 Å². The van der Waals surface area contributed by atoms with Crippen LogP contribution >= 0.6 is 0 Å². The van der Waals surface area contributed by atoms with Crippen molar-refractivity contribution in [1.29, 1.82) is 0 Å². The number of hydrogen-bond acceptors (Lipinski definition) is 4. The largest absolute Gasteiger partial charge is 0.385 e. The fraction of sp³-hybridized carbons (Fsp3) is 0.267. The molecule has 0 radical (unpaired) electrons. The Morgan fingerprint density at radius 3 is 2.60 bits per heavy atom. The van der Waals surface area contributed by atoms with Crippen LogP contribution in [0.2, 0.25) is 0 Å². The number of pyridine rings is 2. The van der Waals surface area contributed by atoms with Gasteiger partial charge in [-0.1, -0.05) is 0 Å². The maximum absolute atomic E-state index is 12.3. The number of carbonyl (C=O) groups excluding carboxylic acids is 1. The van der Waals surface area contributed by atoms with E-state index in [2.05, 4.69) is 20.6 Å². The first-order valence-corrected chi connectivity index (χ1v) is 6.61. The fourth-order valence-corrected chi connectivity index (χ4v) is 1.93. The number of nitrogens with zero attached hydrogens (tertiary/aromatic N) is 2. The van der Waals surface area contributed by atoms with Crippen LogP contribution in [0.25, 0.3) is 0 Å². The maximum atomic E-state index is 12.3. The topological polar surface area (TPSA) is 66.9 Å². The molecule has 5 nitrogen and oxygen atoms in total. The molecule has 2 N–H and O–H groups in total. The summed E-state index contributed by atoms with van der Waals surface area (Å²) in [5, 5.41) is 6.12. The Labute approximate surface area is 118 Å². The fourth-order valence-electron chi connectivity index (χ4n) is 1.93. The van der Waals surface area contributed by atoms with Crippen molar-refractivity contribution >= 4 is 11.6 Å². The summed E-state index contributed by atoms with van der Waals surface area (Å²) in [7, 11) is 0. The third-order valence-electron chi connectivity index (χ3n) is 2.99. The van der Waals surface area contributed by atoms with Gasteiger partial charge in [-0.05, 0) is 37.6 Å². The van der Waals surface area contributed by atoms with Gasteiger partial charge in [0.1, 0.15) is 0 Å². The summed E-state index contributed by atoms with van der Waals surface area (Å²) in [4.78, 5) is 20.3. The number of anilines is 1. The van der Waals surface area contributed by atoms with Crippen molar-refractivity contribution in [3.05, 3.63) is 54.1 Å². The van der Waals surface area contributed by atoms with Gasteiger partial charge in [0.2, 0.25) is 0 Å². The summed E-state index contributed by atoms with van der Waals surface area (Å²) in [5.74, 6) is -0.140. The van der Waals surface area contributed by atoms with E-state index in [0.29, 0.717) is 5.56 Å². The molecule has 1 unspecified atom stereocenters. The van der Waals surface area contributed by atoms with E-state index in [9.17, 15) is 4.79 Å². The molecule has 2 aromatic rings.